The number of hydrogen-bond donors (Lipinski definition) is 1. The average molecular weight is 355 g/mol. The van der Waals surface area contributed by atoms with Crippen LogP contribution < -0.4 is 0 Å². The summed E-state index contributed by atoms with van der Waals surface area (Å²) < 4.78 is 5.72. The molecule has 1 atom stereocenters. The normalized spacial score (nSPS) is 12.0. The fourth-order valence-electron chi connectivity index (χ4n) is 2.45. The van der Waals surface area contributed by atoms with E-state index in [1.165, 1.54) is 16.7 Å². The van der Waals surface area contributed by atoms with Gasteiger partial charge in [-0.2, -0.15) is 5.26 Å². The van der Waals surface area contributed by atoms with Crippen LogP contribution in [0, 0.1) is 11.3 Å². The fourth-order valence-corrected chi connectivity index (χ4v) is 3.25. The van der Waals surface area contributed by atoms with Crippen LogP contribution in [-0.2, 0) is 4.79 Å². The first-order valence-corrected chi connectivity index (χ1v) is 8.66. The zero-order valence-electron chi connectivity index (χ0n) is 13.9. The van der Waals surface area contributed by atoms with Gasteiger partial charge in [-0.05, 0) is 13.0 Å². The third-order valence-electron chi connectivity index (χ3n) is 3.79. The molecule has 2 heterocycles. The minimum Gasteiger partial charge on any atom is -0.411 e. The lowest BCUT2D eigenvalue weighted by molar-refractivity contribution is -0.128. The third kappa shape index (κ3) is 3.67. The number of carbonyl (C=O) groups excluding carboxylic acids is 1. The predicted molar refractivity (Wildman–Crippen MR) is 94.8 cm³/mol. The quantitative estimate of drug-likeness (QED) is 0.682. The summed E-state index contributed by atoms with van der Waals surface area (Å²) in [5, 5.41) is 17.7. The lowest BCUT2D eigenvalue weighted by Gasteiger charge is -2.18. The molecule has 0 unspecified atom stereocenters. The van der Waals surface area contributed by atoms with Crippen molar-refractivity contribution in [2.75, 3.05) is 13.6 Å². The summed E-state index contributed by atoms with van der Waals surface area (Å²) in [6.45, 7) is 2.19. The van der Waals surface area contributed by atoms with Crippen molar-refractivity contribution < 1.29 is 9.21 Å². The standard InChI is InChI=1S/C17H17N5O2S/c1-11(16(23)22(2)9-5-8-18)25-17-21-20-15(24-17)13-10-19-14-7-4-3-6-12(13)14/h3-4,6-7,10-11,19H,5,9H2,1-2H3/t11-/m1/s1. The smallest absolute Gasteiger partial charge is 0.277 e. The van der Waals surface area contributed by atoms with E-state index in [-0.39, 0.29) is 11.2 Å². The number of amides is 1. The summed E-state index contributed by atoms with van der Waals surface area (Å²) in [5.41, 5.74) is 1.83. The second-order valence-electron chi connectivity index (χ2n) is 5.55. The van der Waals surface area contributed by atoms with E-state index in [1.807, 2.05) is 36.5 Å². The lowest BCUT2D eigenvalue weighted by atomic mass is 10.2. The van der Waals surface area contributed by atoms with Gasteiger partial charge >= 0.3 is 0 Å². The summed E-state index contributed by atoms with van der Waals surface area (Å²) in [7, 11) is 1.68. The Balaban J connectivity index is 1.72. The first-order valence-electron chi connectivity index (χ1n) is 7.78. The Morgan fingerprint density at radius 2 is 2.24 bits per heavy atom. The van der Waals surface area contributed by atoms with Crippen LogP contribution in [0.3, 0.4) is 0 Å². The molecule has 2 aromatic heterocycles. The van der Waals surface area contributed by atoms with E-state index in [4.69, 9.17) is 9.68 Å². The van der Waals surface area contributed by atoms with Crippen molar-refractivity contribution in [2.45, 2.75) is 23.8 Å². The maximum absolute atomic E-state index is 12.3. The molecule has 25 heavy (non-hydrogen) atoms. The molecule has 0 saturated carbocycles. The van der Waals surface area contributed by atoms with E-state index in [1.54, 1.807) is 14.0 Å². The third-order valence-corrected chi connectivity index (χ3v) is 4.71. The van der Waals surface area contributed by atoms with Crippen molar-refractivity contribution in [1.82, 2.24) is 20.1 Å². The number of aromatic amines is 1. The monoisotopic (exact) mass is 355 g/mol. The Morgan fingerprint density at radius 1 is 1.44 bits per heavy atom. The fraction of sp³-hybridized carbons (Fsp3) is 0.294. The zero-order chi connectivity index (χ0) is 17.8. The van der Waals surface area contributed by atoms with Crippen LogP contribution in [0.2, 0.25) is 0 Å². The number of fused-ring (bicyclic) bond motifs is 1. The number of H-pyrrole nitrogens is 1. The minimum absolute atomic E-state index is 0.0768. The zero-order valence-corrected chi connectivity index (χ0v) is 14.7. The summed E-state index contributed by atoms with van der Waals surface area (Å²) >= 11 is 1.21. The van der Waals surface area contributed by atoms with Gasteiger partial charge in [0.25, 0.3) is 11.1 Å². The number of thioether (sulfide) groups is 1. The molecule has 0 fully saturated rings. The molecule has 1 amide bonds. The van der Waals surface area contributed by atoms with Gasteiger partial charge in [-0.15, -0.1) is 10.2 Å². The Morgan fingerprint density at radius 3 is 3.04 bits per heavy atom. The van der Waals surface area contributed by atoms with Gasteiger partial charge in [0, 0.05) is 30.7 Å². The molecule has 0 aliphatic carbocycles. The molecule has 3 aromatic rings. The van der Waals surface area contributed by atoms with E-state index in [0.29, 0.717) is 24.1 Å². The maximum atomic E-state index is 12.3. The average Bonchev–Trinajstić information content (AvgIpc) is 3.25. The van der Waals surface area contributed by atoms with Crippen LogP contribution in [-0.4, -0.2) is 44.8 Å². The van der Waals surface area contributed by atoms with Gasteiger partial charge in [0.1, 0.15) is 0 Å². The van der Waals surface area contributed by atoms with Crippen LogP contribution in [0.4, 0.5) is 0 Å². The van der Waals surface area contributed by atoms with Crippen molar-refractivity contribution in [3.63, 3.8) is 0 Å². The van der Waals surface area contributed by atoms with Crippen LogP contribution in [0.5, 0.6) is 0 Å². The number of benzene rings is 1. The number of nitriles is 1. The van der Waals surface area contributed by atoms with E-state index in [0.717, 1.165) is 16.5 Å². The van der Waals surface area contributed by atoms with Gasteiger partial charge < -0.3 is 14.3 Å². The van der Waals surface area contributed by atoms with Crippen LogP contribution >= 0.6 is 11.8 Å². The second kappa shape index (κ2) is 7.40. The van der Waals surface area contributed by atoms with Crippen molar-refractivity contribution in [3.8, 4) is 17.5 Å². The molecule has 7 nitrogen and oxygen atoms in total. The molecule has 1 aromatic carbocycles. The molecule has 0 aliphatic rings. The Kier molecular flexibility index (Phi) is 5.05. The first-order chi connectivity index (χ1) is 12.1. The van der Waals surface area contributed by atoms with E-state index in [2.05, 4.69) is 15.2 Å². The molecule has 8 heteroatoms. The molecular weight excluding hydrogens is 338 g/mol. The Hall–Kier alpha value is -2.79. The second-order valence-corrected chi connectivity index (χ2v) is 6.84. The molecule has 3 rings (SSSR count). The topological polar surface area (TPSA) is 98.8 Å². The van der Waals surface area contributed by atoms with Crippen LogP contribution in [0.15, 0.2) is 40.1 Å². The van der Waals surface area contributed by atoms with Crippen molar-refractivity contribution >= 4 is 28.6 Å². The number of hydrogen-bond acceptors (Lipinski definition) is 6. The molecule has 0 aliphatic heterocycles. The molecule has 0 saturated heterocycles. The number of rotatable bonds is 6. The molecule has 0 spiro atoms. The van der Waals surface area contributed by atoms with Gasteiger partial charge in [-0.1, -0.05) is 30.0 Å². The van der Waals surface area contributed by atoms with Crippen molar-refractivity contribution in [2.24, 2.45) is 0 Å². The highest BCUT2D eigenvalue weighted by Crippen LogP contribution is 2.30. The SMILES string of the molecule is C[C@@H](Sc1nnc(-c2c[nH]c3ccccc23)o1)C(=O)N(C)CCC#N. The number of aromatic nitrogens is 3. The number of para-hydroxylation sites is 1. The van der Waals surface area contributed by atoms with E-state index in [9.17, 15) is 4.79 Å². The van der Waals surface area contributed by atoms with Crippen molar-refractivity contribution in [3.05, 3.63) is 30.5 Å². The van der Waals surface area contributed by atoms with Gasteiger partial charge in [0.2, 0.25) is 5.91 Å². The van der Waals surface area contributed by atoms with Crippen molar-refractivity contribution in [1.29, 1.82) is 5.26 Å². The summed E-state index contributed by atoms with van der Waals surface area (Å²) in [5.74, 6) is 0.338. The molecule has 128 valence electrons. The predicted octanol–water partition coefficient (Wildman–Crippen LogP) is 3.07. The Labute approximate surface area is 149 Å². The van der Waals surface area contributed by atoms with E-state index < -0.39 is 0 Å². The first kappa shape index (κ1) is 17.0. The number of nitrogens with zero attached hydrogens (tertiary/aromatic N) is 4. The number of carbonyl (C=O) groups is 1. The van der Waals surface area contributed by atoms with Gasteiger partial charge in [0.15, 0.2) is 0 Å². The highest BCUT2D eigenvalue weighted by atomic mass is 32.2. The minimum atomic E-state index is -0.375. The molecule has 0 radical (unpaired) electrons. The van der Waals surface area contributed by atoms with Gasteiger partial charge in [-0.3, -0.25) is 4.79 Å². The lowest BCUT2D eigenvalue weighted by Crippen LogP contribution is -2.33. The Bertz CT molecular complexity index is 926. The van der Waals surface area contributed by atoms with Gasteiger partial charge in [0.05, 0.1) is 23.3 Å². The maximum Gasteiger partial charge on any atom is 0.277 e. The molecular formula is C17H17N5O2S. The van der Waals surface area contributed by atoms with Crippen LogP contribution in [0.25, 0.3) is 22.4 Å². The largest absolute Gasteiger partial charge is 0.411 e. The number of nitrogens with one attached hydrogen (secondary N) is 1. The molecule has 0 bridgehead atoms. The summed E-state index contributed by atoms with van der Waals surface area (Å²) in [4.78, 5) is 17.0. The highest BCUT2D eigenvalue weighted by molar-refractivity contribution is 8.00. The van der Waals surface area contributed by atoms with E-state index >= 15 is 0 Å². The summed E-state index contributed by atoms with van der Waals surface area (Å²) in [6, 6.07) is 9.89. The molecule has 1 N–H and O–H groups in total. The van der Waals surface area contributed by atoms with Gasteiger partial charge in [-0.25, -0.2) is 0 Å². The van der Waals surface area contributed by atoms with Crippen LogP contribution in [0.1, 0.15) is 13.3 Å². The summed E-state index contributed by atoms with van der Waals surface area (Å²) in [6.07, 6.45) is 2.14. The highest BCUT2D eigenvalue weighted by Gasteiger charge is 2.22.